The van der Waals surface area contributed by atoms with E-state index in [0.717, 1.165) is 45.1 Å². The molecule has 0 bridgehead atoms. The smallest absolute Gasteiger partial charge is 0.407 e. The number of amides is 1. The van der Waals surface area contributed by atoms with Crippen molar-refractivity contribution in [3.63, 3.8) is 0 Å². The van der Waals surface area contributed by atoms with Crippen LogP contribution in [0.4, 0.5) is 4.79 Å². The fourth-order valence-corrected chi connectivity index (χ4v) is 4.56. The molecular weight excluding hydrogens is 268 g/mol. The van der Waals surface area contributed by atoms with Gasteiger partial charge in [0.15, 0.2) is 0 Å². The van der Waals surface area contributed by atoms with E-state index in [1.165, 1.54) is 19.5 Å². The van der Waals surface area contributed by atoms with Gasteiger partial charge in [-0.25, -0.2) is 4.79 Å². The minimum atomic E-state index is -0.209. The molecule has 2 heterocycles. The number of carbonyl (C=O) groups excluding carboxylic acids is 1. The summed E-state index contributed by atoms with van der Waals surface area (Å²) in [5.74, 6) is 0. The van der Waals surface area contributed by atoms with E-state index in [1.807, 2.05) is 0 Å². The highest BCUT2D eigenvalue weighted by molar-refractivity contribution is 5.68. The van der Waals surface area contributed by atoms with Crippen LogP contribution in [0.15, 0.2) is 0 Å². The van der Waals surface area contributed by atoms with Crippen molar-refractivity contribution >= 4 is 6.09 Å². The molecule has 4 rings (SSSR count). The van der Waals surface area contributed by atoms with Crippen molar-refractivity contribution in [2.75, 3.05) is 26.7 Å². The molecular formula is C16H26N2O3. The molecule has 2 saturated carbocycles. The summed E-state index contributed by atoms with van der Waals surface area (Å²) in [6.45, 7) is 3.29. The highest BCUT2D eigenvalue weighted by Crippen LogP contribution is 2.48. The second-order valence-electron chi connectivity index (χ2n) is 7.81. The zero-order chi connectivity index (χ0) is 14.5. The highest BCUT2D eigenvalue weighted by atomic mass is 16.6. The molecule has 5 heteroatoms. The molecule has 2 aliphatic carbocycles. The monoisotopic (exact) mass is 294 g/mol. The first-order valence-corrected chi connectivity index (χ1v) is 8.36. The SMILES string of the molecule is CN1CCC2(CC(NC(=O)OC3CCC4(CC3)CO4)C2)C1. The molecule has 0 aromatic carbocycles. The van der Waals surface area contributed by atoms with E-state index in [-0.39, 0.29) is 17.8 Å². The molecule has 1 N–H and O–H groups in total. The van der Waals surface area contributed by atoms with Crippen LogP contribution in [0.5, 0.6) is 0 Å². The molecule has 2 aliphatic heterocycles. The van der Waals surface area contributed by atoms with Crippen molar-refractivity contribution in [1.82, 2.24) is 10.2 Å². The van der Waals surface area contributed by atoms with Gasteiger partial charge in [-0.15, -0.1) is 0 Å². The van der Waals surface area contributed by atoms with Gasteiger partial charge < -0.3 is 19.7 Å². The Morgan fingerprint density at radius 2 is 2.00 bits per heavy atom. The number of rotatable bonds is 2. The normalized spacial score (nSPS) is 45.6. The zero-order valence-corrected chi connectivity index (χ0v) is 12.9. The lowest BCUT2D eigenvalue weighted by Crippen LogP contribution is -2.52. The summed E-state index contributed by atoms with van der Waals surface area (Å²) in [5.41, 5.74) is 0.651. The van der Waals surface area contributed by atoms with Crippen LogP contribution >= 0.6 is 0 Å². The Hall–Kier alpha value is -0.810. The Morgan fingerprint density at radius 3 is 2.57 bits per heavy atom. The molecule has 4 fully saturated rings. The molecule has 0 radical (unpaired) electrons. The maximum absolute atomic E-state index is 12.0. The van der Waals surface area contributed by atoms with Gasteiger partial charge in [-0.2, -0.15) is 0 Å². The van der Waals surface area contributed by atoms with Crippen LogP contribution in [0.1, 0.15) is 44.9 Å². The average Bonchev–Trinajstić information content (AvgIpc) is 3.06. The number of nitrogens with one attached hydrogen (secondary N) is 1. The molecule has 0 unspecified atom stereocenters. The van der Waals surface area contributed by atoms with Crippen LogP contribution in [0.2, 0.25) is 0 Å². The van der Waals surface area contributed by atoms with Crippen molar-refractivity contribution < 1.29 is 14.3 Å². The van der Waals surface area contributed by atoms with Crippen molar-refractivity contribution in [1.29, 1.82) is 0 Å². The standard InChI is InChI=1S/C16H26N2O3/c1-18-7-6-15(10-18)8-12(9-15)17-14(19)21-13-2-4-16(5-3-13)11-20-16/h12-13H,2-11H2,1H3,(H,17,19). The molecule has 4 aliphatic rings. The molecule has 1 amide bonds. The number of ether oxygens (including phenoxy) is 2. The summed E-state index contributed by atoms with van der Waals surface area (Å²) >= 11 is 0. The third kappa shape index (κ3) is 2.78. The summed E-state index contributed by atoms with van der Waals surface area (Å²) in [6, 6.07) is 0.325. The molecule has 21 heavy (non-hydrogen) atoms. The second kappa shape index (κ2) is 4.85. The first-order chi connectivity index (χ1) is 10.1. The van der Waals surface area contributed by atoms with Gasteiger partial charge >= 0.3 is 6.09 Å². The second-order valence-corrected chi connectivity index (χ2v) is 7.81. The zero-order valence-electron chi connectivity index (χ0n) is 12.9. The van der Waals surface area contributed by atoms with E-state index in [0.29, 0.717) is 11.5 Å². The van der Waals surface area contributed by atoms with Crippen LogP contribution in [0, 0.1) is 5.41 Å². The number of carbonyl (C=O) groups is 1. The van der Waals surface area contributed by atoms with E-state index >= 15 is 0 Å². The molecule has 0 aromatic rings. The summed E-state index contributed by atoms with van der Waals surface area (Å²) in [5, 5.41) is 3.06. The van der Waals surface area contributed by atoms with Gasteiger partial charge in [0.25, 0.3) is 0 Å². The minimum Gasteiger partial charge on any atom is -0.446 e. The van der Waals surface area contributed by atoms with Gasteiger partial charge in [0.1, 0.15) is 6.10 Å². The molecule has 5 nitrogen and oxygen atoms in total. The van der Waals surface area contributed by atoms with Gasteiger partial charge in [-0.3, -0.25) is 0 Å². The van der Waals surface area contributed by atoms with Crippen molar-refractivity contribution in [2.24, 2.45) is 5.41 Å². The summed E-state index contributed by atoms with van der Waals surface area (Å²) < 4.78 is 11.1. The molecule has 2 spiro atoms. The van der Waals surface area contributed by atoms with Crippen LogP contribution in [-0.4, -0.2) is 55.5 Å². The summed E-state index contributed by atoms with van der Waals surface area (Å²) in [4.78, 5) is 14.4. The third-order valence-corrected chi connectivity index (χ3v) is 5.98. The van der Waals surface area contributed by atoms with Crippen LogP contribution in [0.3, 0.4) is 0 Å². The van der Waals surface area contributed by atoms with E-state index in [9.17, 15) is 4.79 Å². The number of nitrogens with zero attached hydrogens (tertiary/aromatic N) is 1. The fourth-order valence-electron chi connectivity index (χ4n) is 4.56. The minimum absolute atomic E-state index is 0.0893. The third-order valence-electron chi connectivity index (χ3n) is 5.98. The first-order valence-electron chi connectivity index (χ1n) is 8.36. The van der Waals surface area contributed by atoms with Crippen LogP contribution in [-0.2, 0) is 9.47 Å². The lowest BCUT2D eigenvalue weighted by molar-refractivity contribution is 0.0398. The quantitative estimate of drug-likeness (QED) is 0.791. The van der Waals surface area contributed by atoms with E-state index in [2.05, 4.69) is 17.3 Å². The first kappa shape index (κ1) is 13.8. The predicted molar refractivity (Wildman–Crippen MR) is 78.1 cm³/mol. The van der Waals surface area contributed by atoms with Gasteiger partial charge in [-0.05, 0) is 64.0 Å². The topological polar surface area (TPSA) is 54.1 Å². The predicted octanol–water partition coefficient (Wildman–Crippen LogP) is 1.91. The lowest BCUT2D eigenvalue weighted by atomic mass is 9.65. The van der Waals surface area contributed by atoms with E-state index in [4.69, 9.17) is 9.47 Å². The Labute approximate surface area is 126 Å². The summed E-state index contributed by atoms with van der Waals surface area (Å²) in [7, 11) is 2.18. The van der Waals surface area contributed by atoms with Gasteiger partial charge in [-0.1, -0.05) is 0 Å². The Kier molecular flexibility index (Phi) is 3.19. The maximum Gasteiger partial charge on any atom is 0.407 e. The number of epoxide rings is 1. The lowest BCUT2D eigenvalue weighted by Gasteiger charge is -2.45. The van der Waals surface area contributed by atoms with Gasteiger partial charge in [0.05, 0.1) is 12.2 Å². The maximum atomic E-state index is 12.0. The largest absolute Gasteiger partial charge is 0.446 e. The van der Waals surface area contributed by atoms with Crippen molar-refractivity contribution in [3.8, 4) is 0 Å². The summed E-state index contributed by atoms with van der Waals surface area (Å²) in [6.07, 6.45) is 7.39. The molecule has 0 atom stereocenters. The number of alkyl carbamates (subject to hydrolysis) is 1. The highest BCUT2D eigenvalue weighted by Gasteiger charge is 2.49. The van der Waals surface area contributed by atoms with Crippen molar-refractivity contribution in [3.05, 3.63) is 0 Å². The average molecular weight is 294 g/mol. The Balaban J connectivity index is 1.17. The van der Waals surface area contributed by atoms with Crippen LogP contribution < -0.4 is 5.32 Å². The fraction of sp³-hybridized carbons (Fsp3) is 0.938. The molecule has 118 valence electrons. The molecule has 2 saturated heterocycles. The van der Waals surface area contributed by atoms with Crippen molar-refractivity contribution in [2.45, 2.75) is 62.7 Å². The van der Waals surface area contributed by atoms with Gasteiger partial charge in [0.2, 0.25) is 0 Å². The van der Waals surface area contributed by atoms with Crippen LogP contribution in [0.25, 0.3) is 0 Å². The van der Waals surface area contributed by atoms with E-state index in [1.54, 1.807) is 0 Å². The Bertz CT molecular complexity index is 419. The Morgan fingerprint density at radius 1 is 1.29 bits per heavy atom. The number of likely N-dealkylation sites (tertiary alicyclic amines) is 1. The molecule has 0 aromatic heterocycles. The number of hydrogen-bond acceptors (Lipinski definition) is 4. The van der Waals surface area contributed by atoms with Gasteiger partial charge in [0, 0.05) is 12.6 Å². The number of hydrogen-bond donors (Lipinski definition) is 1. The van der Waals surface area contributed by atoms with E-state index < -0.39 is 0 Å².